The maximum Gasteiger partial charge on any atom is 0.373 e. The van der Waals surface area contributed by atoms with Crippen molar-refractivity contribution < 1.29 is 23.6 Å². The molecule has 1 heterocycles. The molecule has 0 spiro atoms. The summed E-state index contributed by atoms with van der Waals surface area (Å²) in [6.45, 7) is 3.57. The van der Waals surface area contributed by atoms with Gasteiger partial charge in [0.2, 0.25) is 5.76 Å². The normalized spacial score (nSPS) is 10.8. The second-order valence-electron chi connectivity index (χ2n) is 4.39. The molecule has 0 fully saturated rings. The van der Waals surface area contributed by atoms with Crippen molar-refractivity contribution >= 4 is 22.6 Å². The molecule has 20 heavy (non-hydrogen) atoms. The summed E-state index contributed by atoms with van der Waals surface area (Å²) >= 11 is 0. The van der Waals surface area contributed by atoms with Gasteiger partial charge in [0.15, 0.2) is 11.3 Å². The molecule has 0 aliphatic heterocycles. The summed E-state index contributed by atoms with van der Waals surface area (Å²) in [5.41, 5.74) is 0.148. The first-order valence-electron chi connectivity index (χ1n) is 5.89. The number of ether oxygens (including phenoxy) is 2. The fourth-order valence-electron chi connectivity index (χ4n) is 1.75. The van der Waals surface area contributed by atoms with E-state index in [1.807, 2.05) is 0 Å². The quantitative estimate of drug-likeness (QED) is 0.485. The molecular weight excluding hydrogens is 266 g/mol. The van der Waals surface area contributed by atoms with Crippen molar-refractivity contribution in [2.45, 2.75) is 20.0 Å². The summed E-state index contributed by atoms with van der Waals surface area (Å²) in [6, 6.07) is 3.98. The maximum atomic E-state index is 11.4. The number of esters is 1. The van der Waals surface area contributed by atoms with Gasteiger partial charge in [-0.2, -0.15) is 0 Å². The molecule has 7 heteroatoms. The number of nitro groups is 1. The molecule has 0 N–H and O–H groups in total. The van der Waals surface area contributed by atoms with E-state index >= 15 is 0 Å². The third-order valence-electron chi connectivity index (χ3n) is 2.53. The smallest absolute Gasteiger partial charge is 0.373 e. The zero-order valence-corrected chi connectivity index (χ0v) is 11.2. The number of carbonyl (C=O) groups excluding carboxylic acids is 1. The molecule has 1 aromatic heterocycles. The molecule has 1 aromatic carbocycles. The first-order valence-corrected chi connectivity index (χ1v) is 5.89. The van der Waals surface area contributed by atoms with Gasteiger partial charge in [0.05, 0.1) is 24.2 Å². The molecule has 2 rings (SSSR count). The van der Waals surface area contributed by atoms with E-state index in [1.54, 1.807) is 13.8 Å². The Morgan fingerprint density at radius 3 is 2.60 bits per heavy atom. The Labute approximate surface area is 114 Å². The molecule has 0 atom stereocenters. The third kappa shape index (κ3) is 2.56. The first-order chi connectivity index (χ1) is 9.42. The third-order valence-corrected chi connectivity index (χ3v) is 2.53. The second kappa shape index (κ2) is 5.20. The lowest BCUT2D eigenvalue weighted by atomic mass is 10.2. The molecule has 0 saturated carbocycles. The van der Waals surface area contributed by atoms with Crippen molar-refractivity contribution in [1.82, 2.24) is 0 Å². The lowest BCUT2D eigenvalue weighted by Gasteiger charge is -2.09. The van der Waals surface area contributed by atoms with E-state index in [4.69, 9.17) is 9.15 Å². The van der Waals surface area contributed by atoms with Gasteiger partial charge in [0.1, 0.15) is 0 Å². The van der Waals surface area contributed by atoms with Crippen molar-refractivity contribution in [3.05, 3.63) is 34.1 Å². The number of rotatable bonds is 4. The summed E-state index contributed by atoms with van der Waals surface area (Å²) < 4.78 is 15.4. The monoisotopic (exact) mass is 279 g/mol. The van der Waals surface area contributed by atoms with Gasteiger partial charge in [-0.1, -0.05) is 0 Å². The molecule has 7 nitrogen and oxygen atoms in total. The van der Waals surface area contributed by atoms with Crippen LogP contribution in [0.1, 0.15) is 24.4 Å². The van der Waals surface area contributed by atoms with Crippen molar-refractivity contribution in [3.8, 4) is 5.75 Å². The molecule has 0 unspecified atom stereocenters. The lowest BCUT2D eigenvalue weighted by Crippen LogP contribution is -2.06. The highest BCUT2D eigenvalue weighted by Gasteiger charge is 2.20. The minimum absolute atomic E-state index is 0.0309. The number of nitrogens with zero attached hydrogens (tertiary/aromatic N) is 1. The number of furan rings is 1. The number of carbonyl (C=O) groups is 1. The maximum absolute atomic E-state index is 11.4. The predicted octanol–water partition coefficient (Wildman–Crippen LogP) is 2.91. The standard InChI is InChI=1S/C13H13NO6/c1-7(2)19-10-6-9(14(16)17)4-8-5-11(13(15)18-3)20-12(8)10/h4-7H,1-3H3. The van der Waals surface area contributed by atoms with Gasteiger partial charge in [-0.15, -0.1) is 0 Å². The van der Waals surface area contributed by atoms with Gasteiger partial charge in [0, 0.05) is 11.5 Å². The molecule has 0 radical (unpaired) electrons. The second-order valence-corrected chi connectivity index (χ2v) is 4.39. The Bertz CT molecular complexity index is 673. The van der Waals surface area contributed by atoms with Crippen LogP contribution in [0.2, 0.25) is 0 Å². The molecule has 0 bridgehead atoms. The summed E-state index contributed by atoms with van der Waals surface area (Å²) in [5, 5.41) is 11.3. The Kier molecular flexibility index (Phi) is 3.60. The Hall–Kier alpha value is -2.57. The van der Waals surface area contributed by atoms with Crippen LogP contribution in [0.5, 0.6) is 5.75 Å². The fourth-order valence-corrected chi connectivity index (χ4v) is 1.75. The average molecular weight is 279 g/mol. The molecule has 0 amide bonds. The Morgan fingerprint density at radius 1 is 1.35 bits per heavy atom. The van der Waals surface area contributed by atoms with E-state index in [1.165, 1.54) is 25.3 Å². The molecule has 106 valence electrons. The van der Waals surface area contributed by atoms with Crippen LogP contribution in [0.25, 0.3) is 11.0 Å². The average Bonchev–Trinajstić information content (AvgIpc) is 2.81. The van der Waals surface area contributed by atoms with E-state index in [9.17, 15) is 14.9 Å². The lowest BCUT2D eigenvalue weighted by molar-refractivity contribution is -0.384. The summed E-state index contributed by atoms with van der Waals surface area (Å²) in [7, 11) is 1.23. The van der Waals surface area contributed by atoms with Crippen LogP contribution < -0.4 is 4.74 Å². The largest absolute Gasteiger partial charge is 0.487 e. The van der Waals surface area contributed by atoms with E-state index in [2.05, 4.69) is 4.74 Å². The van der Waals surface area contributed by atoms with Crippen molar-refractivity contribution in [2.75, 3.05) is 7.11 Å². The number of hydrogen-bond acceptors (Lipinski definition) is 6. The topological polar surface area (TPSA) is 91.8 Å². The van der Waals surface area contributed by atoms with E-state index in [-0.39, 0.29) is 28.9 Å². The zero-order valence-electron chi connectivity index (χ0n) is 11.2. The van der Waals surface area contributed by atoms with Crippen LogP contribution in [-0.2, 0) is 4.74 Å². The van der Waals surface area contributed by atoms with Crippen LogP contribution in [0.4, 0.5) is 5.69 Å². The molecular formula is C13H13NO6. The van der Waals surface area contributed by atoms with Crippen LogP contribution >= 0.6 is 0 Å². The predicted molar refractivity (Wildman–Crippen MR) is 70.0 cm³/mol. The van der Waals surface area contributed by atoms with Crippen LogP contribution in [-0.4, -0.2) is 24.1 Å². The minimum atomic E-state index is -0.653. The van der Waals surface area contributed by atoms with Crippen molar-refractivity contribution in [2.24, 2.45) is 0 Å². The summed E-state index contributed by atoms with van der Waals surface area (Å²) in [5.74, 6) is -0.463. The number of methoxy groups -OCH3 is 1. The number of fused-ring (bicyclic) bond motifs is 1. The van der Waals surface area contributed by atoms with Gasteiger partial charge in [-0.05, 0) is 19.9 Å². The zero-order chi connectivity index (χ0) is 14.9. The highest BCUT2D eigenvalue weighted by Crippen LogP contribution is 2.34. The highest BCUT2D eigenvalue weighted by atomic mass is 16.6. The van der Waals surface area contributed by atoms with Crippen LogP contribution in [0.15, 0.2) is 22.6 Å². The summed E-state index contributed by atoms with van der Waals surface area (Å²) in [4.78, 5) is 21.8. The molecule has 0 aliphatic rings. The number of benzene rings is 1. The Balaban J connectivity index is 2.63. The minimum Gasteiger partial charge on any atom is -0.487 e. The van der Waals surface area contributed by atoms with Gasteiger partial charge in [-0.25, -0.2) is 4.79 Å². The van der Waals surface area contributed by atoms with E-state index in [0.29, 0.717) is 5.39 Å². The number of hydrogen-bond donors (Lipinski definition) is 0. The summed E-state index contributed by atoms with van der Waals surface area (Å²) in [6.07, 6.45) is -0.188. The van der Waals surface area contributed by atoms with Gasteiger partial charge < -0.3 is 13.9 Å². The number of nitro benzene ring substituents is 1. The van der Waals surface area contributed by atoms with Crippen molar-refractivity contribution in [3.63, 3.8) is 0 Å². The molecule has 0 aliphatic carbocycles. The highest BCUT2D eigenvalue weighted by molar-refractivity contribution is 5.95. The van der Waals surface area contributed by atoms with Crippen LogP contribution in [0.3, 0.4) is 0 Å². The fraction of sp³-hybridized carbons (Fsp3) is 0.308. The SMILES string of the molecule is COC(=O)c1cc2cc([N+](=O)[O-])cc(OC(C)C)c2o1. The van der Waals surface area contributed by atoms with Gasteiger partial charge in [-0.3, -0.25) is 10.1 Å². The first kappa shape index (κ1) is 13.9. The van der Waals surface area contributed by atoms with Gasteiger partial charge >= 0.3 is 5.97 Å². The molecule has 2 aromatic rings. The number of non-ortho nitro benzene ring substituents is 1. The van der Waals surface area contributed by atoms with E-state index < -0.39 is 10.9 Å². The Morgan fingerprint density at radius 2 is 2.05 bits per heavy atom. The van der Waals surface area contributed by atoms with Gasteiger partial charge in [0.25, 0.3) is 5.69 Å². The van der Waals surface area contributed by atoms with Crippen LogP contribution in [0, 0.1) is 10.1 Å². The molecule has 0 saturated heterocycles. The van der Waals surface area contributed by atoms with E-state index in [0.717, 1.165) is 0 Å². The van der Waals surface area contributed by atoms with Crippen molar-refractivity contribution in [1.29, 1.82) is 0 Å².